The number of likely N-dealkylation sites (tertiary alicyclic amines) is 1. The third-order valence-corrected chi connectivity index (χ3v) is 5.66. The van der Waals surface area contributed by atoms with Gasteiger partial charge in [-0.25, -0.2) is 4.79 Å². The van der Waals surface area contributed by atoms with Crippen LogP contribution in [0.1, 0.15) is 54.4 Å². The van der Waals surface area contributed by atoms with E-state index < -0.39 is 0 Å². The molecule has 1 heterocycles. The number of benzene rings is 2. The fourth-order valence-corrected chi connectivity index (χ4v) is 3.87. The molecule has 1 aliphatic heterocycles. The molecular weight excluding hydrogens is 378 g/mol. The van der Waals surface area contributed by atoms with Gasteiger partial charge < -0.3 is 20.3 Å². The molecule has 0 unspecified atom stereocenters. The number of hydrogen-bond acceptors (Lipinski definition) is 3. The molecule has 1 saturated carbocycles. The Bertz CT molecular complexity index is 893. The minimum Gasteiger partial charge on any atom is -0.494 e. The molecule has 2 N–H and O–H groups in total. The molecule has 0 spiro atoms. The third kappa shape index (κ3) is 5.12. The van der Waals surface area contributed by atoms with Crippen LogP contribution >= 0.6 is 0 Å². The highest BCUT2D eigenvalue weighted by Gasteiger charge is 2.27. The summed E-state index contributed by atoms with van der Waals surface area (Å²) in [5.41, 5.74) is 2.58. The van der Waals surface area contributed by atoms with Crippen LogP contribution in [-0.4, -0.2) is 42.6 Å². The summed E-state index contributed by atoms with van der Waals surface area (Å²) in [4.78, 5) is 27.0. The van der Waals surface area contributed by atoms with Gasteiger partial charge in [0.25, 0.3) is 5.91 Å². The van der Waals surface area contributed by atoms with Crippen LogP contribution in [0, 0.1) is 0 Å². The van der Waals surface area contributed by atoms with Crippen molar-refractivity contribution < 1.29 is 14.3 Å². The van der Waals surface area contributed by atoms with Gasteiger partial charge in [0.2, 0.25) is 0 Å². The first kappa shape index (κ1) is 20.3. The average molecular weight is 408 g/mol. The smallest absolute Gasteiger partial charge is 0.321 e. The molecule has 2 aromatic rings. The molecule has 1 aliphatic carbocycles. The SMILES string of the molecule is CCOc1ccc(NC(=O)N2CCC[C@@H](c3cccc(C(=O)NC4CC4)c3)C2)cc1. The van der Waals surface area contributed by atoms with Crippen LogP contribution in [0.5, 0.6) is 5.75 Å². The quantitative estimate of drug-likeness (QED) is 0.746. The van der Waals surface area contributed by atoms with Gasteiger partial charge in [0, 0.05) is 36.3 Å². The van der Waals surface area contributed by atoms with E-state index in [0.29, 0.717) is 24.8 Å². The number of rotatable bonds is 6. The summed E-state index contributed by atoms with van der Waals surface area (Å²) in [5, 5.41) is 6.02. The average Bonchev–Trinajstić information content (AvgIpc) is 3.59. The van der Waals surface area contributed by atoms with Gasteiger partial charge in [0.1, 0.15) is 5.75 Å². The molecule has 2 aliphatic rings. The molecule has 6 heteroatoms. The van der Waals surface area contributed by atoms with Gasteiger partial charge in [-0.2, -0.15) is 0 Å². The number of nitrogens with one attached hydrogen (secondary N) is 2. The van der Waals surface area contributed by atoms with E-state index in [1.165, 1.54) is 0 Å². The number of carbonyl (C=O) groups is 2. The van der Waals surface area contributed by atoms with Crippen LogP contribution in [0.3, 0.4) is 0 Å². The van der Waals surface area contributed by atoms with Crippen LogP contribution in [-0.2, 0) is 0 Å². The highest BCUT2D eigenvalue weighted by molar-refractivity contribution is 5.94. The van der Waals surface area contributed by atoms with Gasteiger partial charge in [0.15, 0.2) is 0 Å². The Morgan fingerprint density at radius 2 is 1.90 bits per heavy atom. The maximum atomic E-state index is 12.8. The molecule has 1 saturated heterocycles. The van der Waals surface area contributed by atoms with Gasteiger partial charge >= 0.3 is 6.03 Å². The minimum atomic E-state index is -0.0912. The predicted molar refractivity (Wildman–Crippen MR) is 117 cm³/mol. The van der Waals surface area contributed by atoms with Crippen molar-refractivity contribution in [2.24, 2.45) is 0 Å². The van der Waals surface area contributed by atoms with Crippen molar-refractivity contribution in [1.82, 2.24) is 10.2 Å². The van der Waals surface area contributed by atoms with E-state index in [1.807, 2.05) is 54.3 Å². The van der Waals surface area contributed by atoms with Crippen LogP contribution in [0.2, 0.25) is 0 Å². The maximum Gasteiger partial charge on any atom is 0.321 e. The first-order chi connectivity index (χ1) is 14.6. The first-order valence-corrected chi connectivity index (χ1v) is 10.8. The number of amides is 3. The predicted octanol–water partition coefficient (Wildman–Crippen LogP) is 4.39. The van der Waals surface area contributed by atoms with Gasteiger partial charge in [-0.15, -0.1) is 0 Å². The number of urea groups is 1. The number of piperidine rings is 1. The lowest BCUT2D eigenvalue weighted by molar-refractivity contribution is 0.0950. The molecule has 0 bridgehead atoms. The second-order valence-electron chi connectivity index (χ2n) is 8.05. The molecule has 0 radical (unpaired) electrons. The van der Waals surface area contributed by atoms with Crippen molar-refractivity contribution in [2.75, 3.05) is 25.0 Å². The Morgan fingerprint density at radius 3 is 2.63 bits per heavy atom. The van der Waals surface area contributed by atoms with E-state index in [2.05, 4.69) is 16.7 Å². The fraction of sp³-hybridized carbons (Fsp3) is 0.417. The monoisotopic (exact) mass is 407 g/mol. The van der Waals surface area contributed by atoms with E-state index in [4.69, 9.17) is 4.74 Å². The summed E-state index contributed by atoms with van der Waals surface area (Å²) < 4.78 is 5.44. The number of carbonyl (C=O) groups excluding carboxylic acids is 2. The number of anilines is 1. The van der Waals surface area contributed by atoms with Gasteiger partial charge in [-0.3, -0.25) is 4.79 Å². The lowest BCUT2D eigenvalue weighted by Crippen LogP contribution is -2.41. The number of ether oxygens (including phenoxy) is 1. The Hall–Kier alpha value is -3.02. The fourth-order valence-electron chi connectivity index (χ4n) is 3.87. The normalized spacial score (nSPS) is 18.6. The number of hydrogen-bond donors (Lipinski definition) is 2. The van der Waals surface area contributed by atoms with Crippen molar-refractivity contribution in [3.63, 3.8) is 0 Å². The van der Waals surface area contributed by atoms with E-state index in [1.54, 1.807) is 0 Å². The molecule has 2 aromatic carbocycles. The zero-order chi connectivity index (χ0) is 20.9. The summed E-state index contributed by atoms with van der Waals surface area (Å²) in [6.07, 6.45) is 4.11. The Morgan fingerprint density at radius 1 is 1.10 bits per heavy atom. The molecule has 4 rings (SSSR count). The van der Waals surface area contributed by atoms with Gasteiger partial charge in [-0.05, 0) is 74.6 Å². The van der Waals surface area contributed by atoms with Gasteiger partial charge in [0.05, 0.1) is 6.61 Å². The van der Waals surface area contributed by atoms with E-state index >= 15 is 0 Å². The summed E-state index contributed by atoms with van der Waals surface area (Å²) >= 11 is 0. The standard InChI is InChI=1S/C24H29N3O3/c1-2-30-22-12-10-21(11-13-22)26-24(29)27-14-4-7-19(16-27)17-5-3-6-18(15-17)23(28)25-20-8-9-20/h3,5-6,10-13,15,19-20H,2,4,7-9,14,16H2,1H3,(H,25,28)(H,26,29)/t19-/m1/s1. The Balaban J connectivity index is 1.37. The molecule has 158 valence electrons. The first-order valence-electron chi connectivity index (χ1n) is 10.8. The highest BCUT2D eigenvalue weighted by atomic mass is 16.5. The van der Waals surface area contributed by atoms with Crippen molar-refractivity contribution in [3.8, 4) is 5.75 Å². The lowest BCUT2D eigenvalue weighted by Gasteiger charge is -2.33. The summed E-state index contributed by atoms with van der Waals surface area (Å²) in [7, 11) is 0. The van der Waals surface area contributed by atoms with Crippen LogP contribution < -0.4 is 15.4 Å². The van der Waals surface area contributed by atoms with Crippen LogP contribution in [0.15, 0.2) is 48.5 Å². The molecule has 30 heavy (non-hydrogen) atoms. The summed E-state index contributed by atoms with van der Waals surface area (Å²) in [5.74, 6) is 1.03. The zero-order valence-electron chi connectivity index (χ0n) is 17.4. The van der Waals surface area contributed by atoms with Crippen molar-refractivity contribution in [1.29, 1.82) is 0 Å². The van der Waals surface area contributed by atoms with E-state index in [-0.39, 0.29) is 17.9 Å². The number of nitrogens with zero attached hydrogens (tertiary/aromatic N) is 1. The molecule has 2 fully saturated rings. The van der Waals surface area contributed by atoms with Crippen molar-refractivity contribution >= 4 is 17.6 Å². The van der Waals surface area contributed by atoms with Crippen molar-refractivity contribution in [3.05, 3.63) is 59.7 Å². The summed E-state index contributed by atoms with van der Waals surface area (Å²) in [6, 6.07) is 15.5. The lowest BCUT2D eigenvalue weighted by atomic mass is 9.89. The Labute approximate surface area is 177 Å². The van der Waals surface area contributed by atoms with Crippen LogP contribution in [0.4, 0.5) is 10.5 Å². The minimum absolute atomic E-state index is 0.000239. The molecule has 3 amide bonds. The molecule has 6 nitrogen and oxygen atoms in total. The summed E-state index contributed by atoms with van der Waals surface area (Å²) in [6.45, 7) is 3.94. The second-order valence-corrected chi connectivity index (χ2v) is 8.05. The van der Waals surface area contributed by atoms with Crippen molar-refractivity contribution in [2.45, 2.75) is 44.6 Å². The van der Waals surface area contributed by atoms with E-state index in [0.717, 1.165) is 49.2 Å². The third-order valence-electron chi connectivity index (χ3n) is 5.66. The van der Waals surface area contributed by atoms with Gasteiger partial charge in [-0.1, -0.05) is 12.1 Å². The molecule has 0 aromatic heterocycles. The largest absolute Gasteiger partial charge is 0.494 e. The van der Waals surface area contributed by atoms with E-state index in [9.17, 15) is 9.59 Å². The highest BCUT2D eigenvalue weighted by Crippen LogP contribution is 2.28. The molecular formula is C24H29N3O3. The topological polar surface area (TPSA) is 70.7 Å². The Kier molecular flexibility index (Phi) is 6.21. The molecule has 1 atom stereocenters. The second kappa shape index (κ2) is 9.20. The van der Waals surface area contributed by atoms with Crippen LogP contribution in [0.25, 0.3) is 0 Å². The maximum absolute atomic E-state index is 12.8. The zero-order valence-corrected chi connectivity index (χ0v) is 17.4.